The normalized spacial score (nSPS) is 12.8. The van der Waals surface area contributed by atoms with E-state index in [1.165, 1.54) is 0 Å². The highest BCUT2D eigenvalue weighted by molar-refractivity contribution is 5.77. The molecule has 5 nitrogen and oxygen atoms in total. The second-order valence-electron chi connectivity index (χ2n) is 3.75. The number of aromatic nitrogens is 1. The molecular weight excluding hydrogens is 210 g/mol. The van der Waals surface area contributed by atoms with Gasteiger partial charge in [-0.2, -0.15) is 0 Å². The maximum absolute atomic E-state index is 11.0. The van der Waals surface area contributed by atoms with Crippen molar-refractivity contribution in [2.45, 2.75) is 13.3 Å². The number of oxazole rings is 1. The summed E-state index contributed by atoms with van der Waals surface area (Å²) in [6.07, 6.45) is 0.341. The summed E-state index contributed by atoms with van der Waals surface area (Å²) in [7, 11) is 0. The van der Waals surface area contributed by atoms with Crippen LogP contribution in [0.2, 0.25) is 0 Å². The molecule has 0 aliphatic carbocycles. The number of hydrogen-bond acceptors (Lipinski definition) is 3. The van der Waals surface area contributed by atoms with Crippen LogP contribution in [-0.4, -0.2) is 16.1 Å². The van der Waals surface area contributed by atoms with Crippen LogP contribution in [0.3, 0.4) is 0 Å². The fourth-order valence-corrected chi connectivity index (χ4v) is 1.61. The molecule has 0 fully saturated rings. The number of rotatable bonds is 3. The molecule has 0 radical (unpaired) electrons. The van der Waals surface area contributed by atoms with E-state index in [9.17, 15) is 9.59 Å². The lowest BCUT2D eigenvalue weighted by molar-refractivity contribution is -0.141. The van der Waals surface area contributed by atoms with Gasteiger partial charge in [0.05, 0.1) is 11.4 Å². The molecule has 84 valence electrons. The number of aromatic amines is 1. The molecule has 0 bridgehead atoms. The van der Waals surface area contributed by atoms with Crippen molar-refractivity contribution in [3.8, 4) is 0 Å². The average molecular weight is 221 g/mol. The zero-order valence-electron chi connectivity index (χ0n) is 8.69. The standard InChI is InChI=1S/C11H11NO4/c1-6(10(13)14)5-7-3-2-4-8-9(7)16-11(15)12-8/h2-4,6H,5H2,1H3,(H,12,15)(H,13,14). The quantitative estimate of drug-likeness (QED) is 0.820. The fraction of sp³-hybridized carbons (Fsp3) is 0.273. The Hall–Kier alpha value is -2.04. The van der Waals surface area contributed by atoms with E-state index >= 15 is 0 Å². The SMILES string of the molecule is CC(Cc1cccc2[nH]c(=O)oc12)C(=O)O. The number of nitrogens with one attached hydrogen (secondary N) is 1. The van der Waals surface area contributed by atoms with Crippen molar-refractivity contribution >= 4 is 17.1 Å². The Morgan fingerprint density at radius 1 is 1.56 bits per heavy atom. The summed E-state index contributed by atoms with van der Waals surface area (Å²) in [6, 6.07) is 5.24. The van der Waals surface area contributed by atoms with E-state index in [-0.39, 0.29) is 0 Å². The summed E-state index contributed by atoms with van der Waals surface area (Å²) in [5.41, 5.74) is 1.77. The Balaban J connectivity index is 2.44. The number of aliphatic carboxylic acids is 1. The third-order valence-corrected chi connectivity index (χ3v) is 2.48. The van der Waals surface area contributed by atoms with Crippen LogP contribution in [0, 0.1) is 5.92 Å². The van der Waals surface area contributed by atoms with Gasteiger partial charge in [-0.25, -0.2) is 4.79 Å². The Labute approximate surface area is 90.7 Å². The van der Waals surface area contributed by atoms with Gasteiger partial charge < -0.3 is 9.52 Å². The molecule has 2 rings (SSSR count). The number of carbonyl (C=O) groups is 1. The molecule has 1 aromatic carbocycles. The number of fused-ring (bicyclic) bond motifs is 1. The zero-order valence-corrected chi connectivity index (χ0v) is 8.69. The molecule has 0 saturated carbocycles. The van der Waals surface area contributed by atoms with E-state index in [1.54, 1.807) is 25.1 Å². The molecule has 0 aliphatic heterocycles. The Morgan fingerprint density at radius 2 is 2.31 bits per heavy atom. The zero-order chi connectivity index (χ0) is 11.7. The van der Waals surface area contributed by atoms with Crippen LogP contribution in [-0.2, 0) is 11.2 Å². The van der Waals surface area contributed by atoms with Gasteiger partial charge in [-0.3, -0.25) is 9.78 Å². The monoisotopic (exact) mass is 221 g/mol. The van der Waals surface area contributed by atoms with Gasteiger partial charge in [-0.05, 0) is 18.1 Å². The van der Waals surface area contributed by atoms with Crippen LogP contribution in [0.4, 0.5) is 0 Å². The number of carboxylic acids is 1. The molecule has 2 N–H and O–H groups in total. The maximum atomic E-state index is 11.0. The minimum absolute atomic E-state index is 0.341. The summed E-state index contributed by atoms with van der Waals surface area (Å²) in [6.45, 7) is 1.62. The van der Waals surface area contributed by atoms with Crippen LogP contribution in [0.25, 0.3) is 11.1 Å². The molecule has 1 aromatic heterocycles. The summed E-state index contributed by atoms with van der Waals surface area (Å²) >= 11 is 0. The molecule has 1 heterocycles. The molecule has 0 spiro atoms. The lowest BCUT2D eigenvalue weighted by Crippen LogP contribution is -2.12. The summed E-state index contributed by atoms with van der Waals surface area (Å²) in [4.78, 5) is 24.3. The third-order valence-electron chi connectivity index (χ3n) is 2.48. The molecular formula is C11H11NO4. The molecule has 5 heteroatoms. The van der Waals surface area contributed by atoms with E-state index < -0.39 is 17.6 Å². The summed E-state index contributed by atoms with van der Waals surface area (Å²) < 4.78 is 4.98. The highest BCUT2D eigenvalue weighted by Gasteiger charge is 2.15. The van der Waals surface area contributed by atoms with Gasteiger partial charge in [0.2, 0.25) is 0 Å². The molecule has 1 atom stereocenters. The van der Waals surface area contributed by atoms with Gasteiger partial charge in [0.1, 0.15) is 0 Å². The number of benzene rings is 1. The van der Waals surface area contributed by atoms with E-state index in [0.29, 0.717) is 17.5 Å². The van der Waals surface area contributed by atoms with Gasteiger partial charge in [-0.15, -0.1) is 0 Å². The smallest absolute Gasteiger partial charge is 0.417 e. The van der Waals surface area contributed by atoms with Crippen LogP contribution in [0.1, 0.15) is 12.5 Å². The fourth-order valence-electron chi connectivity index (χ4n) is 1.61. The third kappa shape index (κ3) is 1.84. The molecule has 0 aliphatic rings. The topological polar surface area (TPSA) is 83.3 Å². The van der Waals surface area contributed by atoms with Crippen molar-refractivity contribution in [1.29, 1.82) is 0 Å². The van der Waals surface area contributed by atoms with Crippen LogP contribution >= 0.6 is 0 Å². The number of hydrogen-bond donors (Lipinski definition) is 2. The number of carboxylic acid groups (broad SMARTS) is 1. The minimum atomic E-state index is -0.866. The molecule has 2 aromatic rings. The summed E-state index contributed by atoms with van der Waals surface area (Å²) in [5.74, 6) is -1.90. The lowest BCUT2D eigenvalue weighted by Gasteiger charge is -2.05. The van der Waals surface area contributed by atoms with Crippen LogP contribution < -0.4 is 5.76 Å². The van der Waals surface area contributed by atoms with Crippen molar-refractivity contribution in [2.75, 3.05) is 0 Å². The van der Waals surface area contributed by atoms with E-state index in [0.717, 1.165) is 5.56 Å². The lowest BCUT2D eigenvalue weighted by atomic mass is 10.0. The first-order valence-corrected chi connectivity index (χ1v) is 4.91. The van der Waals surface area contributed by atoms with Gasteiger partial charge in [0.15, 0.2) is 5.58 Å². The van der Waals surface area contributed by atoms with Crippen LogP contribution in [0.5, 0.6) is 0 Å². The predicted octanol–water partition coefficient (Wildman–Crippen LogP) is 1.38. The minimum Gasteiger partial charge on any atom is -0.481 e. The molecule has 0 amide bonds. The Bertz CT molecular complexity index is 581. The van der Waals surface area contributed by atoms with Crippen molar-refractivity contribution < 1.29 is 14.3 Å². The second kappa shape index (κ2) is 3.84. The van der Waals surface area contributed by atoms with Crippen molar-refractivity contribution in [3.63, 3.8) is 0 Å². The van der Waals surface area contributed by atoms with Gasteiger partial charge in [0.25, 0.3) is 0 Å². The largest absolute Gasteiger partial charge is 0.481 e. The number of para-hydroxylation sites is 1. The van der Waals surface area contributed by atoms with Crippen LogP contribution in [0.15, 0.2) is 27.4 Å². The van der Waals surface area contributed by atoms with Gasteiger partial charge in [0, 0.05) is 0 Å². The highest BCUT2D eigenvalue weighted by atomic mass is 16.4. The van der Waals surface area contributed by atoms with E-state index in [1.807, 2.05) is 0 Å². The summed E-state index contributed by atoms with van der Waals surface area (Å²) in [5, 5.41) is 8.82. The Kier molecular flexibility index (Phi) is 2.52. The van der Waals surface area contributed by atoms with E-state index in [2.05, 4.69) is 4.98 Å². The van der Waals surface area contributed by atoms with Gasteiger partial charge in [-0.1, -0.05) is 19.1 Å². The van der Waals surface area contributed by atoms with Gasteiger partial charge >= 0.3 is 11.7 Å². The van der Waals surface area contributed by atoms with Crippen molar-refractivity contribution in [2.24, 2.45) is 5.92 Å². The second-order valence-corrected chi connectivity index (χ2v) is 3.75. The average Bonchev–Trinajstić information content (AvgIpc) is 2.59. The van der Waals surface area contributed by atoms with E-state index in [4.69, 9.17) is 9.52 Å². The highest BCUT2D eigenvalue weighted by Crippen LogP contribution is 2.18. The van der Waals surface area contributed by atoms with Crippen molar-refractivity contribution in [3.05, 3.63) is 34.3 Å². The van der Waals surface area contributed by atoms with Crippen molar-refractivity contribution in [1.82, 2.24) is 4.98 Å². The number of H-pyrrole nitrogens is 1. The molecule has 0 saturated heterocycles. The molecule has 1 unspecified atom stereocenters. The maximum Gasteiger partial charge on any atom is 0.417 e. The first-order valence-electron chi connectivity index (χ1n) is 4.91. The first-order chi connectivity index (χ1) is 7.58. The molecule has 16 heavy (non-hydrogen) atoms. The predicted molar refractivity (Wildman–Crippen MR) is 57.3 cm³/mol. The Morgan fingerprint density at radius 3 is 3.00 bits per heavy atom. The first kappa shape index (κ1) is 10.5.